The number of aromatic nitrogens is 5. The van der Waals surface area contributed by atoms with Crippen LogP contribution in [-0.2, 0) is 0 Å². The van der Waals surface area contributed by atoms with Crippen LogP contribution in [0.1, 0.15) is 36.4 Å². The van der Waals surface area contributed by atoms with Crippen molar-refractivity contribution >= 4 is 11.5 Å². The van der Waals surface area contributed by atoms with Gasteiger partial charge in [0.25, 0.3) is 0 Å². The second-order valence-electron chi connectivity index (χ2n) is 5.83. The molecule has 0 spiro atoms. The molecule has 22 heavy (non-hydrogen) atoms. The maximum absolute atomic E-state index is 4.56. The number of tetrazole rings is 1. The van der Waals surface area contributed by atoms with E-state index in [1.807, 2.05) is 12.1 Å². The van der Waals surface area contributed by atoms with Gasteiger partial charge in [0.2, 0.25) is 0 Å². The fourth-order valence-corrected chi connectivity index (χ4v) is 3.13. The molecule has 1 aliphatic rings. The van der Waals surface area contributed by atoms with Crippen LogP contribution in [0.3, 0.4) is 0 Å². The van der Waals surface area contributed by atoms with E-state index in [0.717, 1.165) is 18.8 Å². The van der Waals surface area contributed by atoms with Crippen molar-refractivity contribution < 1.29 is 0 Å². The number of rotatable bonds is 2. The lowest BCUT2D eigenvalue weighted by Gasteiger charge is -2.36. The van der Waals surface area contributed by atoms with E-state index in [1.165, 1.54) is 28.6 Å². The Labute approximate surface area is 128 Å². The second kappa shape index (κ2) is 5.36. The third kappa shape index (κ3) is 2.30. The number of nitrogens with zero attached hydrogens (tertiary/aromatic N) is 6. The second-order valence-corrected chi connectivity index (χ2v) is 5.83. The van der Waals surface area contributed by atoms with Crippen LogP contribution in [0.15, 0.2) is 36.4 Å². The average Bonchev–Trinajstić information content (AvgIpc) is 3.03. The molecule has 6 heteroatoms. The maximum Gasteiger partial charge on any atom is 0.200 e. The molecule has 1 fully saturated rings. The summed E-state index contributed by atoms with van der Waals surface area (Å²) in [4.78, 5) is 2.37. The van der Waals surface area contributed by atoms with Crippen molar-refractivity contribution in [3.05, 3.63) is 47.5 Å². The van der Waals surface area contributed by atoms with E-state index in [1.54, 1.807) is 0 Å². The number of hydrogen-bond donors (Lipinski definition) is 0. The normalized spacial score (nSPS) is 18.8. The van der Waals surface area contributed by atoms with Crippen molar-refractivity contribution in [2.45, 2.75) is 32.2 Å². The Hall–Kier alpha value is -2.50. The Kier molecular flexibility index (Phi) is 3.21. The molecule has 0 N–H and O–H groups in total. The fourth-order valence-electron chi connectivity index (χ4n) is 3.13. The van der Waals surface area contributed by atoms with Crippen LogP contribution in [-0.4, -0.2) is 31.8 Å². The summed E-state index contributed by atoms with van der Waals surface area (Å²) in [5.41, 5.74) is 3.32. The maximum atomic E-state index is 4.56. The first-order valence-electron chi connectivity index (χ1n) is 7.70. The monoisotopic (exact) mass is 294 g/mol. The number of benzene rings is 1. The predicted octanol–water partition coefficient (Wildman–Crippen LogP) is 2.56. The van der Waals surface area contributed by atoms with Gasteiger partial charge in [-0.3, -0.25) is 0 Å². The number of hydrogen-bond acceptors (Lipinski definition) is 5. The molecule has 6 nitrogen and oxygen atoms in total. The summed E-state index contributed by atoms with van der Waals surface area (Å²) in [6.07, 6.45) is 3.60. The van der Waals surface area contributed by atoms with Crippen molar-refractivity contribution in [1.82, 2.24) is 25.3 Å². The van der Waals surface area contributed by atoms with Crippen LogP contribution >= 0.6 is 0 Å². The highest BCUT2D eigenvalue weighted by Crippen LogP contribution is 2.34. The van der Waals surface area contributed by atoms with Crippen LogP contribution in [0.2, 0.25) is 0 Å². The van der Waals surface area contributed by atoms with Crippen molar-refractivity contribution in [2.75, 3.05) is 11.4 Å². The van der Waals surface area contributed by atoms with E-state index in [9.17, 15) is 0 Å². The minimum Gasteiger partial charge on any atom is -0.348 e. The van der Waals surface area contributed by atoms with E-state index >= 15 is 0 Å². The Balaban J connectivity index is 1.71. The Bertz CT molecular complexity index is 779. The molecule has 0 saturated carbocycles. The summed E-state index contributed by atoms with van der Waals surface area (Å²) in [7, 11) is 0. The van der Waals surface area contributed by atoms with Gasteiger partial charge in [0.05, 0.1) is 6.04 Å². The van der Waals surface area contributed by atoms with Gasteiger partial charge in [-0.15, -0.1) is 14.8 Å². The van der Waals surface area contributed by atoms with Crippen LogP contribution < -0.4 is 4.90 Å². The SMILES string of the molecule is Cc1ccc([C@H]2CCCCN2c2ccc3nnnn3n2)cc1. The fraction of sp³-hybridized carbons (Fsp3) is 0.375. The minimum atomic E-state index is 0.371. The largest absolute Gasteiger partial charge is 0.348 e. The van der Waals surface area contributed by atoms with Crippen LogP contribution in [0.25, 0.3) is 5.65 Å². The Morgan fingerprint density at radius 3 is 2.77 bits per heavy atom. The average molecular weight is 294 g/mol. The summed E-state index contributed by atoms with van der Waals surface area (Å²) < 4.78 is 1.50. The smallest absolute Gasteiger partial charge is 0.200 e. The molecule has 1 aliphatic heterocycles. The molecule has 112 valence electrons. The van der Waals surface area contributed by atoms with Gasteiger partial charge < -0.3 is 4.90 Å². The summed E-state index contributed by atoms with van der Waals surface area (Å²) in [5, 5.41) is 16.0. The van der Waals surface area contributed by atoms with Gasteiger partial charge in [0.1, 0.15) is 0 Å². The zero-order valence-corrected chi connectivity index (χ0v) is 12.6. The first-order valence-corrected chi connectivity index (χ1v) is 7.70. The van der Waals surface area contributed by atoms with Crippen molar-refractivity contribution in [2.24, 2.45) is 0 Å². The van der Waals surface area contributed by atoms with E-state index in [-0.39, 0.29) is 0 Å². The predicted molar refractivity (Wildman–Crippen MR) is 83.7 cm³/mol. The molecule has 3 aromatic rings. The molecule has 1 saturated heterocycles. The van der Waals surface area contributed by atoms with Gasteiger partial charge in [-0.05, 0) is 54.3 Å². The molecule has 2 aromatic heterocycles. The summed E-state index contributed by atoms with van der Waals surface area (Å²) in [6.45, 7) is 3.13. The van der Waals surface area contributed by atoms with Crippen molar-refractivity contribution in [3.63, 3.8) is 0 Å². The molecule has 0 aliphatic carbocycles. The standard InChI is InChI=1S/C16H18N6/c1-12-5-7-13(8-6-12)14-4-2-3-11-21(14)16-10-9-15-17-19-20-22(15)18-16/h5-10,14H,2-4,11H2,1H3/t14-/m1/s1. The molecule has 0 radical (unpaired) electrons. The Morgan fingerprint density at radius 2 is 1.91 bits per heavy atom. The highest BCUT2D eigenvalue weighted by Gasteiger charge is 2.25. The highest BCUT2D eigenvalue weighted by molar-refractivity contribution is 5.47. The third-order valence-corrected chi connectivity index (χ3v) is 4.31. The molecule has 0 amide bonds. The molecule has 4 rings (SSSR count). The summed E-state index contributed by atoms with van der Waals surface area (Å²) in [6, 6.07) is 13.1. The van der Waals surface area contributed by atoms with Gasteiger partial charge in [-0.1, -0.05) is 29.8 Å². The quantitative estimate of drug-likeness (QED) is 0.727. The number of anilines is 1. The number of piperidine rings is 1. The van der Waals surface area contributed by atoms with Gasteiger partial charge in [-0.2, -0.15) is 0 Å². The first kappa shape index (κ1) is 13.2. The third-order valence-electron chi connectivity index (χ3n) is 4.31. The lowest BCUT2D eigenvalue weighted by molar-refractivity contribution is 0.466. The van der Waals surface area contributed by atoms with Gasteiger partial charge >= 0.3 is 0 Å². The lowest BCUT2D eigenvalue weighted by atomic mass is 9.94. The van der Waals surface area contributed by atoms with Crippen LogP contribution in [0, 0.1) is 6.92 Å². The molecule has 3 heterocycles. The molecule has 0 bridgehead atoms. The molecule has 0 unspecified atom stereocenters. The van der Waals surface area contributed by atoms with Crippen molar-refractivity contribution in [1.29, 1.82) is 0 Å². The molecule has 1 aromatic carbocycles. The number of aryl methyl sites for hydroxylation is 1. The van der Waals surface area contributed by atoms with Gasteiger partial charge in [-0.25, -0.2) is 0 Å². The van der Waals surface area contributed by atoms with E-state index in [4.69, 9.17) is 0 Å². The molecule has 1 atom stereocenters. The zero-order valence-electron chi connectivity index (χ0n) is 12.6. The topological polar surface area (TPSA) is 59.2 Å². The van der Waals surface area contributed by atoms with Crippen molar-refractivity contribution in [3.8, 4) is 0 Å². The zero-order chi connectivity index (χ0) is 14.9. The van der Waals surface area contributed by atoms with E-state index < -0.39 is 0 Å². The van der Waals surface area contributed by atoms with E-state index in [2.05, 4.69) is 56.7 Å². The minimum absolute atomic E-state index is 0.371. The lowest BCUT2D eigenvalue weighted by Crippen LogP contribution is -2.34. The Morgan fingerprint density at radius 1 is 1.05 bits per heavy atom. The summed E-state index contributed by atoms with van der Waals surface area (Å²) >= 11 is 0. The summed E-state index contributed by atoms with van der Waals surface area (Å²) in [5.74, 6) is 0.935. The van der Waals surface area contributed by atoms with Crippen LogP contribution in [0.4, 0.5) is 5.82 Å². The van der Waals surface area contributed by atoms with Crippen LogP contribution in [0.5, 0.6) is 0 Å². The highest BCUT2D eigenvalue weighted by atomic mass is 15.6. The van der Waals surface area contributed by atoms with Gasteiger partial charge in [0, 0.05) is 6.54 Å². The number of fused-ring (bicyclic) bond motifs is 1. The molecular weight excluding hydrogens is 276 g/mol. The van der Waals surface area contributed by atoms with E-state index in [0.29, 0.717) is 11.7 Å². The first-order chi connectivity index (χ1) is 10.8. The van der Waals surface area contributed by atoms with Gasteiger partial charge in [0.15, 0.2) is 11.5 Å². The molecular formula is C16H18N6.